The number of carbonyl (C=O) groups is 2. The van der Waals surface area contributed by atoms with E-state index in [1.54, 1.807) is 24.5 Å². The zero-order valence-corrected chi connectivity index (χ0v) is 18.2. The van der Waals surface area contributed by atoms with Gasteiger partial charge in [0.1, 0.15) is 5.75 Å². The van der Waals surface area contributed by atoms with Crippen LogP contribution in [-0.4, -0.2) is 37.0 Å². The number of nitrogens with one attached hydrogen (secondary N) is 2. The van der Waals surface area contributed by atoms with E-state index in [2.05, 4.69) is 32.7 Å². The molecule has 0 radical (unpaired) electrons. The largest absolute Gasteiger partial charge is 0.495 e. The molecule has 0 spiro atoms. The molecule has 2 amide bonds. The number of amides is 2. The zero-order valence-electron chi connectivity index (χ0n) is 18.2. The fourth-order valence-electron chi connectivity index (χ4n) is 4.04. The van der Waals surface area contributed by atoms with Crippen molar-refractivity contribution in [1.82, 2.24) is 10.3 Å². The van der Waals surface area contributed by atoms with Crippen molar-refractivity contribution < 1.29 is 14.3 Å². The van der Waals surface area contributed by atoms with Gasteiger partial charge in [-0.3, -0.25) is 14.6 Å². The molecule has 0 fully saturated rings. The van der Waals surface area contributed by atoms with E-state index in [4.69, 9.17) is 4.74 Å². The second-order valence-electron chi connectivity index (χ2n) is 7.74. The highest BCUT2D eigenvalue weighted by Crippen LogP contribution is 2.34. The first kappa shape index (κ1) is 21.4. The molecule has 1 aliphatic rings. The Labute approximate surface area is 187 Å². The lowest BCUT2D eigenvalue weighted by molar-refractivity contribution is -0.136. The molecule has 2 aromatic carbocycles. The van der Waals surface area contributed by atoms with Gasteiger partial charge in [-0.05, 0) is 54.3 Å². The lowest BCUT2D eigenvalue weighted by atomic mass is 10.1. The first-order valence-electron chi connectivity index (χ1n) is 10.5. The average molecular weight is 431 g/mol. The number of anilines is 2. The molecule has 2 heterocycles. The van der Waals surface area contributed by atoms with Crippen LogP contribution in [0, 0.1) is 6.92 Å². The summed E-state index contributed by atoms with van der Waals surface area (Å²) in [5, 5.41) is 5.45. The number of fused-ring (bicyclic) bond motifs is 1. The minimum atomic E-state index is -0.736. The number of pyridine rings is 1. The van der Waals surface area contributed by atoms with Crippen molar-refractivity contribution in [1.29, 1.82) is 0 Å². The molecule has 164 valence electrons. The molecule has 4 rings (SSSR count). The van der Waals surface area contributed by atoms with Gasteiger partial charge in [0.25, 0.3) is 0 Å². The highest BCUT2D eigenvalue weighted by Gasteiger charge is 2.28. The number of methoxy groups -OCH3 is 1. The first-order valence-corrected chi connectivity index (χ1v) is 10.5. The summed E-state index contributed by atoms with van der Waals surface area (Å²) in [4.78, 5) is 31.7. The molecule has 0 unspecified atom stereocenters. The van der Waals surface area contributed by atoms with Crippen LogP contribution in [0.3, 0.4) is 0 Å². The van der Waals surface area contributed by atoms with Gasteiger partial charge in [-0.1, -0.05) is 30.3 Å². The topological polar surface area (TPSA) is 83.6 Å². The van der Waals surface area contributed by atoms with Crippen molar-refractivity contribution in [2.45, 2.75) is 19.4 Å². The fourth-order valence-corrected chi connectivity index (χ4v) is 4.04. The molecule has 2 N–H and O–H groups in total. The number of nitrogens with zero attached hydrogens (tertiary/aromatic N) is 2. The van der Waals surface area contributed by atoms with Gasteiger partial charge >= 0.3 is 11.8 Å². The van der Waals surface area contributed by atoms with Crippen molar-refractivity contribution in [3.8, 4) is 5.75 Å². The van der Waals surface area contributed by atoms with E-state index in [-0.39, 0.29) is 12.6 Å². The molecule has 3 aromatic rings. The molecule has 7 nitrogen and oxygen atoms in total. The fraction of sp³-hybridized carbons (Fsp3) is 0.240. The van der Waals surface area contributed by atoms with Crippen LogP contribution >= 0.6 is 0 Å². The lowest BCUT2D eigenvalue weighted by Gasteiger charge is -2.30. The second-order valence-corrected chi connectivity index (χ2v) is 7.74. The van der Waals surface area contributed by atoms with Gasteiger partial charge < -0.3 is 20.3 Å². The quantitative estimate of drug-likeness (QED) is 0.587. The summed E-state index contributed by atoms with van der Waals surface area (Å²) in [5.74, 6) is -0.936. The van der Waals surface area contributed by atoms with Gasteiger partial charge in [0, 0.05) is 31.2 Å². The Bertz CT molecular complexity index is 1120. The Kier molecular flexibility index (Phi) is 6.35. The number of ether oxygens (including phenoxy) is 1. The van der Waals surface area contributed by atoms with E-state index in [0.29, 0.717) is 11.4 Å². The lowest BCUT2D eigenvalue weighted by Crippen LogP contribution is -2.41. The summed E-state index contributed by atoms with van der Waals surface area (Å²) in [6.07, 6.45) is 4.46. The SMILES string of the molecule is COc1ccc(C)cc1NC(=O)C(=O)NC[C@H](c1cccnc1)N1CCc2ccccc21. The highest BCUT2D eigenvalue weighted by molar-refractivity contribution is 6.39. The molecular weight excluding hydrogens is 404 g/mol. The Hall–Kier alpha value is -3.87. The summed E-state index contributed by atoms with van der Waals surface area (Å²) < 4.78 is 5.28. The number of hydrogen-bond acceptors (Lipinski definition) is 5. The molecule has 0 aliphatic carbocycles. The maximum atomic E-state index is 12.6. The van der Waals surface area contributed by atoms with Crippen molar-refractivity contribution >= 4 is 23.2 Å². The van der Waals surface area contributed by atoms with E-state index in [9.17, 15) is 9.59 Å². The minimum absolute atomic E-state index is 0.141. The third kappa shape index (κ3) is 4.56. The van der Waals surface area contributed by atoms with E-state index in [0.717, 1.165) is 29.8 Å². The molecule has 1 atom stereocenters. The Morgan fingerprint density at radius 1 is 1.12 bits per heavy atom. The standard InChI is InChI=1S/C25H26N4O3/c1-17-9-10-23(32-2)20(14-17)28-25(31)24(30)27-16-22(19-7-5-12-26-15-19)29-13-11-18-6-3-4-8-21(18)29/h3-10,12,14-15,22H,11,13,16H2,1-2H3,(H,27,30)(H,28,31)/t22-/m1/s1. The van der Waals surface area contributed by atoms with Crippen LogP contribution in [-0.2, 0) is 16.0 Å². The maximum absolute atomic E-state index is 12.6. The number of para-hydroxylation sites is 1. The number of aryl methyl sites for hydroxylation is 1. The summed E-state index contributed by atoms with van der Waals surface area (Å²) in [5.41, 5.74) is 4.81. The molecule has 1 aliphatic heterocycles. The number of carbonyl (C=O) groups excluding carboxylic acids is 2. The van der Waals surface area contributed by atoms with Crippen molar-refractivity contribution in [3.63, 3.8) is 0 Å². The Balaban J connectivity index is 1.48. The van der Waals surface area contributed by atoms with Crippen LogP contribution < -0.4 is 20.3 Å². The van der Waals surface area contributed by atoms with Crippen LogP contribution in [0.1, 0.15) is 22.7 Å². The van der Waals surface area contributed by atoms with Crippen molar-refractivity contribution in [2.24, 2.45) is 0 Å². The average Bonchev–Trinajstić information content (AvgIpc) is 3.24. The van der Waals surface area contributed by atoms with Crippen molar-refractivity contribution in [2.75, 3.05) is 30.4 Å². The summed E-state index contributed by atoms with van der Waals surface area (Å²) >= 11 is 0. The summed E-state index contributed by atoms with van der Waals surface area (Å²) in [6, 6.07) is 17.4. The molecule has 1 aromatic heterocycles. The maximum Gasteiger partial charge on any atom is 0.313 e. The highest BCUT2D eigenvalue weighted by atomic mass is 16.5. The van der Waals surface area contributed by atoms with Gasteiger partial charge in [-0.2, -0.15) is 0 Å². The van der Waals surface area contributed by atoms with E-state index in [1.165, 1.54) is 12.7 Å². The number of rotatable bonds is 6. The van der Waals surface area contributed by atoms with Gasteiger partial charge in [0.05, 0.1) is 18.8 Å². The predicted octanol–water partition coefficient (Wildman–Crippen LogP) is 3.26. The third-order valence-electron chi connectivity index (χ3n) is 5.63. The first-order chi connectivity index (χ1) is 15.6. The Morgan fingerprint density at radius 3 is 2.75 bits per heavy atom. The van der Waals surface area contributed by atoms with E-state index < -0.39 is 11.8 Å². The monoisotopic (exact) mass is 430 g/mol. The van der Waals surface area contributed by atoms with Gasteiger partial charge in [0.2, 0.25) is 0 Å². The van der Waals surface area contributed by atoms with Crippen LogP contribution in [0.15, 0.2) is 67.0 Å². The number of benzene rings is 2. The molecule has 0 saturated heterocycles. The minimum Gasteiger partial charge on any atom is -0.495 e. The summed E-state index contributed by atoms with van der Waals surface area (Å²) in [6.45, 7) is 3.01. The Morgan fingerprint density at radius 2 is 1.97 bits per heavy atom. The molecule has 0 saturated carbocycles. The van der Waals surface area contributed by atoms with Crippen molar-refractivity contribution in [3.05, 3.63) is 83.7 Å². The van der Waals surface area contributed by atoms with E-state index >= 15 is 0 Å². The second kappa shape index (κ2) is 9.51. The van der Waals surface area contributed by atoms with Gasteiger partial charge in [-0.25, -0.2) is 0 Å². The zero-order chi connectivity index (χ0) is 22.5. The molecule has 0 bridgehead atoms. The van der Waals surface area contributed by atoms with Crippen LogP contribution in [0.25, 0.3) is 0 Å². The van der Waals surface area contributed by atoms with E-state index in [1.807, 2.05) is 37.3 Å². The number of hydrogen-bond donors (Lipinski definition) is 2. The predicted molar refractivity (Wildman–Crippen MR) is 124 cm³/mol. The van der Waals surface area contributed by atoms with Crippen LogP contribution in [0.5, 0.6) is 5.75 Å². The smallest absolute Gasteiger partial charge is 0.313 e. The third-order valence-corrected chi connectivity index (χ3v) is 5.63. The van der Waals surface area contributed by atoms with Crippen LogP contribution in [0.4, 0.5) is 11.4 Å². The van der Waals surface area contributed by atoms with Gasteiger partial charge in [-0.15, -0.1) is 0 Å². The summed E-state index contributed by atoms with van der Waals surface area (Å²) in [7, 11) is 1.52. The normalized spacial score (nSPS) is 13.2. The van der Waals surface area contributed by atoms with Gasteiger partial charge in [0.15, 0.2) is 0 Å². The molecule has 32 heavy (non-hydrogen) atoms. The number of aromatic nitrogens is 1. The molecular formula is C25H26N4O3. The molecule has 7 heteroatoms. The van der Waals surface area contributed by atoms with Crippen LogP contribution in [0.2, 0.25) is 0 Å².